The minimum Gasteiger partial charge on any atom is -0.437 e. The molecule has 3 nitrogen and oxygen atoms in total. The molecule has 0 aliphatic heterocycles. The molecule has 1 rings (SSSR count). The lowest BCUT2D eigenvalue weighted by Crippen LogP contribution is -2.14. The van der Waals surface area contributed by atoms with Gasteiger partial charge in [0.05, 0.1) is 0 Å². The molecule has 0 fully saturated rings. The summed E-state index contributed by atoms with van der Waals surface area (Å²) in [5.41, 5.74) is 1.10. The molecule has 0 aliphatic carbocycles. The van der Waals surface area contributed by atoms with Gasteiger partial charge in [-0.05, 0) is 0 Å². The molecule has 4 heteroatoms. The fourth-order valence-electron chi connectivity index (χ4n) is 0.668. The molecule has 4 N–H and O–H groups in total. The zero-order valence-electron chi connectivity index (χ0n) is 6.37. The molecule has 0 amide bonds. The third kappa shape index (κ3) is 4.55. The quantitative estimate of drug-likeness (QED) is 0.501. The summed E-state index contributed by atoms with van der Waals surface area (Å²) in [6, 6.07) is 9.91. The van der Waals surface area contributed by atoms with E-state index in [-0.39, 0.29) is 11.0 Å². The maximum absolute atomic E-state index is 4.80. The predicted molar refractivity (Wildman–Crippen MR) is 46.1 cm³/mol. The van der Waals surface area contributed by atoms with Crippen LogP contribution >= 0.6 is 0 Å². The lowest BCUT2D eigenvalue weighted by atomic mass is 9.89. The van der Waals surface area contributed by atoms with Gasteiger partial charge in [0.25, 0.3) is 0 Å². The summed E-state index contributed by atoms with van der Waals surface area (Å²) in [7, 11) is 3.35. The molecule has 1 aromatic rings. The van der Waals surface area contributed by atoms with Gasteiger partial charge in [0, 0.05) is 7.11 Å². The molecule has 1 aromatic carbocycles. The van der Waals surface area contributed by atoms with Gasteiger partial charge < -0.3 is 15.6 Å². The summed E-state index contributed by atoms with van der Waals surface area (Å²) in [6.07, 6.45) is 0. The van der Waals surface area contributed by atoms with E-state index >= 15 is 0 Å². The zero-order chi connectivity index (χ0) is 6.53. The molecule has 11 heavy (non-hydrogen) atoms. The van der Waals surface area contributed by atoms with E-state index < -0.39 is 0 Å². The van der Waals surface area contributed by atoms with Crippen LogP contribution in [-0.4, -0.2) is 25.5 Å². The van der Waals surface area contributed by atoms with Gasteiger partial charge in [-0.3, -0.25) is 0 Å². The lowest BCUT2D eigenvalue weighted by Gasteiger charge is -1.92. The minimum atomic E-state index is 0. The largest absolute Gasteiger partial charge is 0.437 e. The summed E-state index contributed by atoms with van der Waals surface area (Å²) in [5, 5.41) is 0. The standard InChI is InChI=1S/C7H8BO.2H2O/c1-9-8-7-5-3-2-4-6-7;;/h2-6H,1H3;2*1H2. The molecule has 0 spiro atoms. The first-order valence-corrected chi connectivity index (χ1v) is 2.84. The topological polar surface area (TPSA) is 72.2 Å². The second-order valence-electron chi connectivity index (χ2n) is 1.76. The highest BCUT2D eigenvalue weighted by molar-refractivity contribution is 6.46. The van der Waals surface area contributed by atoms with E-state index in [1.165, 1.54) is 0 Å². The van der Waals surface area contributed by atoms with Crippen LogP contribution in [0.2, 0.25) is 0 Å². The molecular weight excluding hydrogens is 143 g/mol. The fourth-order valence-corrected chi connectivity index (χ4v) is 0.668. The van der Waals surface area contributed by atoms with E-state index in [2.05, 4.69) is 0 Å². The average molecular weight is 155 g/mol. The third-order valence-corrected chi connectivity index (χ3v) is 1.05. The Bertz CT molecular complexity index is 167. The van der Waals surface area contributed by atoms with Crippen molar-refractivity contribution in [3.8, 4) is 0 Å². The van der Waals surface area contributed by atoms with E-state index in [1.807, 2.05) is 30.3 Å². The van der Waals surface area contributed by atoms with Gasteiger partial charge in [-0.2, -0.15) is 0 Å². The Morgan fingerprint density at radius 2 is 1.64 bits per heavy atom. The Balaban J connectivity index is 0. The summed E-state index contributed by atoms with van der Waals surface area (Å²) in [4.78, 5) is 0. The van der Waals surface area contributed by atoms with E-state index in [4.69, 9.17) is 4.65 Å². The second kappa shape index (κ2) is 7.27. The first-order valence-electron chi connectivity index (χ1n) is 2.84. The monoisotopic (exact) mass is 155 g/mol. The Hall–Kier alpha value is -0.835. The summed E-state index contributed by atoms with van der Waals surface area (Å²) in [5.74, 6) is 0. The van der Waals surface area contributed by atoms with Gasteiger partial charge in [0.2, 0.25) is 0 Å². The summed E-state index contributed by atoms with van der Waals surface area (Å²) in [6.45, 7) is 0. The lowest BCUT2D eigenvalue weighted by molar-refractivity contribution is 0.450. The van der Waals surface area contributed by atoms with Crippen LogP contribution in [0.5, 0.6) is 0 Å². The van der Waals surface area contributed by atoms with Crippen molar-refractivity contribution in [3.05, 3.63) is 30.3 Å². The van der Waals surface area contributed by atoms with E-state index in [0.29, 0.717) is 0 Å². The van der Waals surface area contributed by atoms with Crippen LogP contribution in [0.15, 0.2) is 30.3 Å². The smallest absolute Gasteiger partial charge is 0.329 e. The van der Waals surface area contributed by atoms with E-state index in [9.17, 15) is 0 Å². The van der Waals surface area contributed by atoms with Crippen molar-refractivity contribution in [2.45, 2.75) is 0 Å². The van der Waals surface area contributed by atoms with E-state index in [1.54, 1.807) is 14.6 Å². The normalized spacial score (nSPS) is 7.36. The fraction of sp³-hybridized carbons (Fsp3) is 0.143. The highest BCUT2D eigenvalue weighted by atomic mass is 16.4. The molecule has 0 saturated heterocycles. The Morgan fingerprint density at radius 3 is 2.09 bits per heavy atom. The molecule has 0 heterocycles. The number of benzene rings is 1. The van der Waals surface area contributed by atoms with Crippen molar-refractivity contribution in [3.63, 3.8) is 0 Å². The van der Waals surface area contributed by atoms with Crippen LogP contribution in [0.25, 0.3) is 0 Å². The molecule has 1 radical (unpaired) electrons. The van der Waals surface area contributed by atoms with Crippen LogP contribution in [0.4, 0.5) is 0 Å². The van der Waals surface area contributed by atoms with Gasteiger partial charge in [-0.1, -0.05) is 35.8 Å². The Labute approximate surface area is 66.9 Å². The molecule has 61 valence electrons. The number of hydrogen-bond acceptors (Lipinski definition) is 1. The maximum Gasteiger partial charge on any atom is 0.329 e. The van der Waals surface area contributed by atoms with Crippen LogP contribution < -0.4 is 5.46 Å². The highest BCUT2D eigenvalue weighted by Crippen LogP contribution is 1.80. The summed E-state index contributed by atoms with van der Waals surface area (Å²) < 4.78 is 4.80. The second-order valence-corrected chi connectivity index (χ2v) is 1.76. The van der Waals surface area contributed by atoms with Crippen LogP contribution in [-0.2, 0) is 4.65 Å². The minimum absolute atomic E-state index is 0. The first-order chi connectivity index (χ1) is 4.43. The molecule has 0 atom stereocenters. The number of hydrogen-bond donors (Lipinski definition) is 0. The van der Waals surface area contributed by atoms with Crippen LogP contribution in [0.3, 0.4) is 0 Å². The molecule has 0 aromatic heterocycles. The van der Waals surface area contributed by atoms with Crippen molar-refractivity contribution < 1.29 is 15.6 Å². The number of rotatable bonds is 2. The molecule has 0 saturated carbocycles. The molecule has 0 aliphatic rings. The zero-order valence-corrected chi connectivity index (χ0v) is 6.37. The third-order valence-electron chi connectivity index (χ3n) is 1.05. The van der Waals surface area contributed by atoms with Gasteiger partial charge in [-0.25, -0.2) is 0 Å². The maximum atomic E-state index is 4.80. The van der Waals surface area contributed by atoms with Crippen LogP contribution in [0, 0.1) is 0 Å². The first kappa shape index (κ1) is 12.8. The van der Waals surface area contributed by atoms with Gasteiger partial charge in [0.15, 0.2) is 0 Å². The highest BCUT2D eigenvalue weighted by Gasteiger charge is 1.89. The van der Waals surface area contributed by atoms with Crippen LogP contribution in [0.1, 0.15) is 0 Å². The summed E-state index contributed by atoms with van der Waals surface area (Å²) >= 11 is 0. The van der Waals surface area contributed by atoms with Crippen molar-refractivity contribution in [1.29, 1.82) is 0 Å². The van der Waals surface area contributed by atoms with Gasteiger partial charge in [0.1, 0.15) is 0 Å². The SMILES string of the molecule is CO[B]c1ccccc1.O.O. The molecular formula is C7H12BO3. The van der Waals surface area contributed by atoms with Crippen molar-refractivity contribution in [1.82, 2.24) is 0 Å². The van der Waals surface area contributed by atoms with Gasteiger partial charge >= 0.3 is 7.48 Å². The van der Waals surface area contributed by atoms with Crippen molar-refractivity contribution in [2.24, 2.45) is 0 Å². The van der Waals surface area contributed by atoms with Gasteiger partial charge in [-0.15, -0.1) is 0 Å². The van der Waals surface area contributed by atoms with E-state index in [0.717, 1.165) is 5.46 Å². The Kier molecular flexibility index (Phi) is 8.47. The Morgan fingerprint density at radius 1 is 1.09 bits per heavy atom. The predicted octanol–water partition coefficient (Wildman–Crippen LogP) is -1.07. The molecule has 0 unspecified atom stereocenters. The van der Waals surface area contributed by atoms with Crippen molar-refractivity contribution in [2.75, 3.05) is 7.11 Å². The van der Waals surface area contributed by atoms with Crippen molar-refractivity contribution >= 4 is 12.9 Å². The average Bonchev–Trinajstić information content (AvgIpc) is 1.91. The molecule has 0 bridgehead atoms.